The smallest absolute Gasteiger partial charge is 0.286 e. The molecule has 1 aromatic rings. The van der Waals surface area contributed by atoms with E-state index >= 15 is 0 Å². The van der Waals surface area contributed by atoms with Crippen LogP contribution < -0.4 is 16.5 Å². The minimum absolute atomic E-state index is 0.150. The first-order valence-electron chi connectivity index (χ1n) is 5.60. The molecule has 0 atom stereocenters. The lowest BCUT2D eigenvalue weighted by atomic mass is 10.3. The number of hydrogen-bond acceptors (Lipinski definition) is 5. The Hall–Kier alpha value is -2.35. The molecule has 3 amide bonds. The maximum absolute atomic E-state index is 11.4. The van der Waals surface area contributed by atoms with Crippen molar-refractivity contribution >= 4 is 17.7 Å². The van der Waals surface area contributed by atoms with E-state index in [1.54, 1.807) is 12.1 Å². The number of nitrogens with one attached hydrogen (secondary N) is 2. The molecule has 19 heavy (non-hydrogen) atoms. The zero-order chi connectivity index (χ0) is 14.1. The summed E-state index contributed by atoms with van der Waals surface area (Å²) in [6.45, 7) is -0.0518. The van der Waals surface area contributed by atoms with Crippen LogP contribution in [0.1, 0.15) is 23.4 Å². The fraction of sp³-hybridized carbons (Fsp3) is 0.364. The molecule has 8 nitrogen and oxygen atoms in total. The van der Waals surface area contributed by atoms with E-state index < -0.39 is 11.8 Å². The summed E-state index contributed by atoms with van der Waals surface area (Å²) < 4.78 is 4.89. The fourth-order valence-corrected chi connectivity index (χ4v) is 1.18. The lowest BCUT2D eigenvalue weighted by Gasteiger charge is -2.05. The van der Waals surface area contributed by atoms with Gasteiger partial charge in [-0.25, -0.2) is 5.48 Å². The maximum Gasteiger partial charge on any atom is 0.286 e. The van der Waals surface area contributed by atoms with Crippen molar-refractivity contribution in [3.8, 4) is 0 Å². The van der Waals surface area contributed by atoms with Crippen LogP contribution in [0.25, 0.3) is 0 Å². The highest BCUT2D eigenvalue weighted by molar-refractivity contribution is 5.91. The molecule has 1 heterocycles. The average Bonchev–Trinajstić information content (AvgIpc) is 2.87. The van der Waals surface area contributed by atoms with E-state index in [9.17, 15) is 14.4 Å². The highest BCUT2D eigenvalue weighted by Gasteiger charge is 2.07. The van der Waals surface area contributed by atoms with Gasteiger partial charge in [0.1, 0.15) is 0 Å². The number of carbonyl (C=O) groups is 3. The van der Waals surface area contributed by atoms with Crippen LogP contribution in [-0.2, 0) is 14.4 Å². The van der Waals surface area contributed by atoms with E-state index in [-0.39, 0.29) is 24.7 Å². The number of hydroxylamine groups is 1. The highest BCUT2D eigenvalue weighted by Crippen LogP contribution is 1.99. The van der Waals surface area contributed by atoms with Gasteiger partial charge < -0.3 is 15.5 Å². The zero-order valence-electron chi connectivity index (χ0n) is 10.2. The number of furan rings is 1. The Morgan fingerprint density at radius 2 is 2.16 bits per heavy atom. The quantitative estimate of drug-likeness (QED) is 0.426. The van der Waals surface area contributed by atoms with Crippen LogP contribution >= 0.6 is 0 Å². The largest absolute Gasteiger partial charge is 0.459 e. The third kappa shape index (κ3) is 6.22. The summed E-state index contributed by atoms with van der Waals surface area (Å²) >= 11 is 0. The van der Waals surface area contributed by atoms with E-state index in [4.69, 9.17) is 10.2 Å². The standard InChI is InChI=1S/C11H15N3O5/c12-9(15)7-19-14-10(16)4-1-5-13-11(17)8-3-2-6-18-8/h2-3,6H,1,4-5,7H2,(H2,12,15)(H,13,17)(H,14,16). The van der Waals surface area contributed by atoms with Gasteiger partial charge in [0, 0.05) is 13.0 Å². The van der Waals surface area contributed by atoms with Gasteiger partial charge in [-0.2, -0.15) is 0 Å². The van der Waals surface area contributed by atoms with Gasteiger partial charge in [-0.05, 0) is 18.6 Å². The Bertz CT molecular complexity index is 430. The predicted octanol–water partition coefficient (Wildman–Crippen LogP) is -0.677. The average molecular weight is 269 g/mol. The molecule has 0 aliphatic heterocycles. The van der Waals surface area contributed by atoms with Crippen molar-refractivity contribution in [1.82, 2.24) is 10.8 Å². The fourth-order valence-electron chi connectivity index (χ4n) is 1.18. The molecule has 0 bridgehead atoms. The van der Waals surface area contributed by atoms with E-state index in [1.165, 1.54) is 6.26 Å². The first-order chi connectivity index (χ1) is 9.09. The first kappa shape index (κ1) is 14.7. The molecule has 0 aliphatic carbocycles. The second-order valence-corrected chi connectivity index (χ2v) is 3.62. The van der Waals surface area contributed by atoms with Crippen LogP contribution in [0.5, 0.6) is 0 Å². The molecule has 4 N–H and O–H groups in total. The van der Waals surface area contributed by atoms with Crippen LogP contribution in [0, 0.1) is 0 Å². The van der Waals surface area contributed by atoms with Crippen molar-refractivity contribution in [2.75, 3.05) is 13.2 Å². The Balaban J connectivity index is 2.05. The molecule has 0 fully saturated rings. The van der Waals surface area contributed by atoms with Gasteiger partial charge in [0.15, 0.2) is 12.4 Å². The Morgan fingerprint density at radius 1 is 1.37 bits per heavy atom. The normalized spacial score (nSPS) is 9.89. The van der Waals surface area contributed by atoms with Crippen LogP contribution in [0.4, 0.5) is 0 Å². The first-order valence-corrected chi connectivity index (χ1v) is 5.60. The third-order valence-corrected chi connectivity index (χ3v) is 2.01. The van der Waals surface area contributed by atoms with E-state index in [0.717, 1.165) is 0 Å². The Labute approximate surface area is 109 Å². The number of carbonyl (C=O) groups excluding carboxylic acids is 3. The van der Waals surface area contributed by atoms with E-state index in [2.05, 4.69) is 15.6 Å². The lowest BCUT2D eigenvalue weighted by molar-refractivity contribution is -0.138. The SMILES string of the molecule is NC(=O)CONC(=O)CCCNC(=O)c1ccco1. The maximum atomic E-state index is 11.4. The van der Waals surface area contributed by atoms with E-state index in [0.29, 0.717) is 13.0 Å². The molecule has 0 saturated heterocycles. The molecule has 104 valence electrons. The summed E-state index contributed by atoms with van der Waals surface area (Å²) in [5.41, 5.74) is 6.87. The summed E-state index contributed by atoms with van der Waals surface area (Å²) in [6.07, 6.45) is 1.98. The Kier molecular flexibility index (Phi) is 6.10. The summed E-state index contributed by atoms with van der Waals surface area (Å²) in [5, 5.41) is 2.59. The molecule has 0 unspecified atom stereocenters. The molecular formula is C11H15N3O5. The van der Waals surface area contributed by atoms with Gasteiger partial charge in [-0.15, -0.1) is 0 Å². The van der Waals surface area contributed by atoms with Crippen LogP contribution in [0.2, 0.25) is 0 Å². The minimum atomic E-state index is -0.675. The zero-order valence-corrected chi connectivity index (χ0v) is 10.2. The molecule has 0 aromatic carbocycles. The van der Waals surface area contributed by atoms with Gasteiger partial charge in [0.05, 0.1) is 6.26 Å². The molecule has 0 aliphatic rings. The summed E-state index contributed by atoms with van der Waals surface area (Å²) in [7, 11) is 0. The minimum Gasteiger partial charge on any atom is -0.459 e. The van der Waals surface area contributed by atoms with Crippen molar-refractivity contribution < 1.29 is 23.6 Å². The van der Waals surface area contributed by atoms with Crippen molar-refractivity contribution in [2.24, 2.45) is 5.73 Å². The van der Waals surface area contributed by atoms with Gasteiger partial charge in [-0.1, -0.05) is 0 Å². The van der Waals surface area contributed by atoms with Crippen molar-refractivity contribution in [1.29, 1.82) is 0 Å². The monoisotopic (exact) mass is 269 g/mol. The molecule has 0 spiro atoms. The molecule has 0 saturated carbocycles. The van der Waals surface area contributed by atoms with Crippen molar-refractivity contribution in [2.45, 2.75) is 12.8 Å². The number of primary amides is 1. The van der Waals surface area contributed by atoms with Gasteiger partial charge in [0.25, 0.3) is 5.91 Å². The van der Waals surface area contributed by atoms with Crippen LogP contribution in [0.3, 0.4) is 0 Å². The Morgan fingerprint density at radius 3 is 2.79 bits per heavy atom. The van der Waals surface area contributed by atoms with Gasteiger partial charge >= 0.3 is 0 Å². The predicted molar refractivity (Wildman–Crippen MR) is 63.6 cm³/mol. The topological polar surface area (TPSA) is 124 Å². The van der Waals surface area contributed by atoms with Crippen molar-refractivity contribution in [3.63, 3.8) is 0 Å². The number of hydrogen-bond donors (Lipinski definition) is 3. The van der Waals surface area contributed by atoms with Gasteiger partial charge in [-0.3, -0.25) is 19.2 Å². The highest BCUT2D eigenvalue weighted by atomic mass is 16.7. The molecular weight excluding hydrogens is 254 g/mol. The van der Waals surface area contributed by atoms with Crippen LogP contribution in [0.15, 0.2) is 22.8 Å². The molecule has 1 rings (SSSR count). The number of rotatable bonds is 8. The summed E-state index contributed by atoms with van der Waals surface area (Å²) in [5.74, 6) is -1.19. The molecule has 8 heteroatoms. The summed E-state index contributed by atoms with van der Waals surface area (Å²) in [4.78, 5) is 37.4. The van der Waals surface area contributed by atoms with E-state index in [1.807, 2.05) is 0 Å². The molecule has 1 aromatic heterocycles. The molecule has 0 radical (unpaired) electrons. The second kappa shape index (κ2) is 7.88. The van der Waals surface area contributed by atoms with Gasteiger partial charge in [0.2, 0.25) is 11.8 Å². The van der Waals surface area contributed by atoms with Crippen molar-refractivity contribution in [3.05, 3.63) is 24.2 Å². The second-order valence-electron chi connectivity index (χ2n) is 3.62. The number of amides is 3. The third-order valence-electron chi connectivity index (χ3n) is 2.01. The lowest BCUT2D eigenvalue weighted by Crippen LogP contribution is -2.30. The summed E-state index contributed by atoms with van der Waals surface area (Å²) in [6, 6.07) is 3.15. The van der Waals surface area contributed by atoms with Crippen LogP contribution in [-0.4, -0.2) is 30.9 Å². The number of nitrogens with two attached hydrogens (primary N) is 1.